The molecule has 2 aromatic heterocycles. The van der Waals surface area contributed by atoms with E-state index in [9.17, 15) is 4.79 Å². The van der Waals surface area contributed by atoms with Crippen LogP contribution in [0.2, 0.25) is 0 Å². The molecule has 0 aliphatic heterocycles. The Morgan fingerprint density at radius 2 is 1.59 bits per heavy atom. The molecular weight excluding hydrogens is 679 g/mol. The van der Waals surface area contributed by atoms with E-state index < -0.39 is 0 Å². The van der Waals surface area contributed by atoms with E-state index in [4.69, 9.17) is 10.1 Å². The second-order valence-electron chi connectivity index (χ2n) is 10.3. The minimum Gasteiger partial charge on any atom is -0.512 e. The van der Waals surface area contributed by atoms with Crippen LogP contribution < -0.4 is 0 Å². The third-order valence-electron chi connectivity index (χ3n) is 6.03. The second kappa shape index (κ2) is 13.1. The maximum absolute atomic E-state index is 10.0. The summed E-state index contributed by atoms with van der Waals surface area (Å²) in [6, 6.07) is 33.4. The van der Waals surface area contributed by atoms with Crippen LogP contribution in [0.25, 0.3) is 42.9 Å². The number of ketones is 1. The fourth-order valence-electron chi connectivity index (χ4n) is 4.08. The molecule has 3 aromatic carbocycles. The number of nitrogens with zero attached hydrogens (tertiary/aromatic N) is 1. The molecular formula is C34H32IrNO2S-. The van der Waals surface area contributed by atoms with Crippen molar-refractivity contribution in [2.75, 3.05) is 0 Å². The number of pyridine rings is 1. The Labute approximate surface area is 248 Å². The molecule has 0 aliphatic carbocycles. The summed E-state index contributed by atoms with van der Waals surface area (Å²) >= 11 is 1.82. The normalized spacial score (nSPS) is 11.4. The van der Waals surface area contributed by atoms with E-state index in [1.807, 2.05) is 29.7 Å². The summed E-state index contributed by atoms with van der Waals surface area (Å²) in [4.78, 5) is 16.0. The Kier molecular flexibility index (Phi) is 10.2. The Balaban J connectivity index is 0.000000468. The predicted octanol–water partition coefficient (Wildman–Crippen LogP) is 9.43. The first kappa shape index (κ1) is 30.2. The summed E-state index contributed by atoms with van der Waals surface area (Å²) < 4.78 is 1.25. The number of thiophene rings is 1. The van der Waals surface area contributed by atoms with Crippen LogP contribution >= 0.6 is 11.3 Å². The van der Waals surface area contributed by atoms with E-state index >= 15 is 0 Å². The maximum Gasteiger partial charge on any atom is 0.155 e. The molecule has 2 heterocycles. The number of benzene rings is 3. The van der Waals surface area contributed by atoms with Crippen LogP contribution in [0.1, 0.15) is 40.2 Å². The number of carbonyl (C=O) groups excluding carboxylic acids is 1. The summed E-state index contributed by atoms with van der Waals surface area (Å²) in [6.07, 6.45) is 3.15. The fraction of sp³-hybridized carbons (Fsp3) is 0.176. The van der Waals surface area contributed by atoms with Gasteiger partial charge in [-0.2, -0.15) is 0 Å². The third-order valence-corrected chi connectivity index (χ3v) is 7.18. The Hall–Kier alpha value is -3.37. The fourth-order valence-corrected chi connectivity index (χ4v) is 5.15. The van der Waals surface area contributed by atoms with Crippen molar-refractivity contribution in [1.82, 2.24) is 4.98 Å². The van der Waals surface area contributed by atoms with Crippen LogP contribution in [-0.4, -0.2) is 15.9 Å². The zero-order valence-corrected chi connectivity index (χ0v) is 26.0. The van der Waals surface area contributed by atoms with Crippen LogP contribution in [0.5, 0.6) is 0 Å². The molecule has 5 aromatic rings. The molecule has 5 heteroatoms. The van der Waals surface area contributed by atoms with Crippen molar-refractivity contribution < 1.29 is 30.0 Å². The smallest absolute Gasteiger partial charge is 0.155 e. The van der Waals surface area contributed by atoms with Gasteiger partial charge in [-0.1, -0.05) is 81.4 Å². The summed E-state index contributed by atoms with van der Waals surface area (Å²) in [5.41, 5.74) is 7.15. The number of hydrogen-bond acceptors (Lipinski definition) is 4. The number of aliphatic hydroxyl groups excluding tert-OH is 1. The SMILES string of the molecule is CC(=O)/C=C(/C)O.CC(C)(C)c1ccc(-c2cc3cnc(-c4[c-]ccc(-c5ccccc5)c4)cc3s2)cc1.[Ir]. The second-order valence-corrected chi connectivity index (χ2v) is 11.4. The van der Waals surface area contributed by atoms with Gasteiger partial charge < -0.3 is 10.1 Å². The average Bonchev–Trinajstić information content (AvgIpc) is 3.32. The molecule has 39 heavy (non-hydrogen) atoms. The van der Waals surface area contributed by atoms with Gasteiger partial charge in [-0.05, 0) is 47.7 Å². The van der Waals surface area contributed by atoms with Crippen molar-refractivity contribution >= 4 is 27.2 Å². The summed E-state index contributed by atoms with van der Waals surface area (Å²) in [6.45, 7) is 9.59. The van der Waals surface area contributed by atoms with E-state index in [-0.39, 0.29) is 37.1 Å². The molecule has 0 aliphatic rings. The first-order valence-corrected chi connectivity index (χ1v) is 13.4. The first-order chi connectivity index (χ1) is 18.1. The van der Waals surface area contributed by atoms with E-state index in [1.165, 1.54) is 57.1 Å². The molecule has 0 unspecified atom stereocenters. The first-order valence-electron chi connectivity index (χ1n) is 12.6. The molecule has 0 fully saturated rings. The molecule has 0 bridgehead atoms. The van der Waals surface area contributed by atoms with Gasteiger partial charge in [0.15, 0.2) is 5.78 Å². The molecule has 1 radical (unpaired) electrons. The van der Waals surface area contributed by atoms with Crippen LogP contribution in [0, 0.1) is 6.07 Å². The van der Waals surface area contributed by atoms with E-state index in [1.54, 1.807) is 0 Å². The number of carbonyl (C=O) groups is 1. The standard InChI is InChI=1S/C29H24NS.C5H8O2.Ir/c1-29(2,3)25-14-12-21(13-15-25)27-17-24-19-30-26(18-28(24)31-27)23-11-7-10-22(16-23)20-8-5-4-6-9-20;1-4(6)3-5(2)7;/h4-10,12-19H,1-3H3;3,6H,1-2H3;/q-1;;/b;4-3-;. The topological polar surface area (TPSA) is 50.2 Å². The molecule has 0 spiro atoms. The molecule has 201 valence electrons. The molecule has 0 saturated heterocycles. The van der Waals surface area contributed by atoms with Gasteiger partial charge in [-0.15, -0.1) is 46.7 Å². The average molecular weight is 711 g/mol. The third kappa shape index (κ3) is 8.06. The monoisotopic (exact) mass is 711 g/mol. The zero-order valence-electron chi connectivity index (χ0n) is 22.8. The van der Waals surface area contributed by atoms with Crippen molar-refractivity contribution in [2.24, 2.45) is 0 Å². The van der Waals surface area contributed by atoms with Gasteiger partial charge in [0, 0.05) is 47.3 Å². The summed E-state index contributed by atoms with van der Waals surface area (Å²) in [5.74, 6) is -0.0625. The summed E-state index contributed by atoms with van der Waals surface area (Å²) in [7, 11) is 0. The van der Waals surface area contributed by atoms with Gasteiger partial charge >= 0.3 is 0 Å². The zero-order chi connectivity index (χ0) is 27.3. The largest absolute Gasteiger partial charge is 0.512 e. The van der Waals surface area contributed by atoms with Gasteiger partial charge in [-0.3, -0.25) is 4.79 Å². The number of fused-ring (bicyclic) bond motifs is 1. The molecule has 0 saturated carbocycles. The number of aliphatic hydroxyl groups is 1. The Morgan fingerprint density at radius 1 is 0.897 bits per heavy atom. The number of hydrogen-bond donors (Lipinski definition) is 1. The number of allylic oxidation sites excluding steroid dienone is 2. The minimum absolute atomic E-state index is 0. The van der Waals surface area contributed by atoms with Gasteiger partial charge in [-0.25, -0.2) is 0 Å². The van der Waals surface area contributed by atoms with Crippen molar-refractivity contribution in [3.05, 3.63) is 115 Å². The minimum atomic E-state index is -0.125. The molecule has 0 atom stereocenters. The van der Waals surface area contributed by atoms with E-state index in [2.05, 4.69) is 99.6 Å². The Bertz CT molecular complexity index is 1580. The van der Waals surface area contributed by atoms with Gasteiger partial charge in [0.05, 0.1) is 5.76 Å². The van der Waals surface area contributed by atoms with Crippen molar-refractivity contribution in [2.45, 2.75) is 40.0 Å². The quantitative estimate of drug-likeness (QED) is 0.115. The maximum atomic E-state index is 10.0. The van der Waals surface area contributed by atoms with Gasteiger partial charge in [0.25, 0.3) is 0 Å². The number of rotatable bonds is 4. The van der Waals surface area contributed by atoms with Crippen molar-refractivity contribution in [3.8, 4) is 32.8 Å². The van der Waals surface area contributed by atoms with Crippen molar-refractivity contribution in [3.63, 3.8) is 0 Å². The van der Waals surface area contributed by atoms with Gasteiger partial charge in [0.2, 0.25) is 0 Å². The summed E-state index contributed by atoms with van der Waals surface area (Å²) in [5, 5.41) is 9.55. The molecule has 5 rings (SSSR count). The molecule has 1 N–H and O–H groups in total. The predicted molar refractivity (Wildman–Crippen MR) is 161 cm³/mol. The van der Waals surface area contributed by atoms with Crippen LogP contribution in [0.15, 0.2) is 103 Å². The van der Waals surface area contributed by atoms with Crippen LogP contribution in [0.3, 0.4) is 0 Å². The molecule has 0 amide bonds. The van der Waals surface area contributed by atoms with Crippen LogP contribution in [-0.2, 0) is 30.3 Å². The Morgan fingerprint density at radius 3 is 2.18 bits per heavy atom. The van der Waals surface area contributed by atoms with E-state index in [0.29, 0.717) is 0 Å². The molecule has 3 nitrogen and oxygen atoms in total. The van der Waals surface area contributed by atoms with Gasteiger partial charge in [0.1, 0.15) is 0 Å². The van der Waals surface area contributed by atoms with Crippen molar-refractivity contribution in [1.29, 1.82) is 0 Å². The van der Waals surface area contributed by atoms with Crippen LogP contribution in [0.4, 0.5) is 0 Å². The van der Waals surface area contributed by atoms with E-state index in [0.717, 1.165) is 11.3 Å². The number of aromatic nitrogens is 1.